The Morgan fingerprint density at radius 2 is 1.75 bits per heavy atom. The van der Waals surface area contributed by atoms with E-state index in [1.165, 1.54) is 3.78 Å². The van der Waals surface area contributed by atoms with Crippen molar-refractivity contribution in [3.63, 3.8) is 0 Å². The van der Waals surface area contributed by atoms with Gasteiger partial charge in [0.25, 0.3) is 0 Å². The monoisotopic (exact) mass is 309 g/mol. The van der Waals surface area contributed by atoms with Crippen LogP contribution in [0.1, 0.15) is 0 Å². The number of nitrogens with zero attached hydrogens (tertiary/aromatic N) is 1. The van der Waals surface area contributed by atoms with Crippen molar-refractivity contribution in [2.24, 2.45) is 0 Å². The molecule has 0 bridgehead atoms. The van der Waals surface area contributed by atoms with Crippen LogP contribution in [0, 0.1) is 0 Å². The Balaban J connectivity index is 0.000000490. The van der Waals surface area contributed by atoms with Gasteiger partial charge in [0.15, 0.2) is 0 Å². The predicted molar refractivity (Wildman–Crippen MR) is 35.0 cm³/mol. The third-order valence-electron chi connectivity index (χ3n) is 0.614. The fourth-order valence-corrected chi connectivity index (χ4v) is 0.645. The number of aromatic nitrogens is 1. The summed E-state index contributed by atoms with van der Waals surface area (Å²) in [6.07, 6.45) is 3.55. The summed E-state index contributed by atoms with van der Waals surface area (Å²) in [6.45, 7) is 0. The van der Waals surface area contributed by atoms with Crippen LogP contribution in [0.25, 0.3) is 0 Å². The minimum atomic E-state index is 0. The number of rotatable bonds is 0. The van der Waals surface area contributed by atoms with Gasteiger partial charge in [0.05, 0.1) is 0 Å². The Morgan fingerprint density at radius 3 is 2.00 bits per heavy atom. The molecule has 3 heteroatoms. The van der Waals surface area contributed by atoms with Crippen molar-refractivity contribution in [3.8, 4) is 0 Å². The van der Waals surface area contributed by atoms with Gasteiger partial charge in [-0.1, -0.05) is 0 Å². The van der Waals surface area contributed by atoms with Crippen LogP contribution in [0.15, 0.2) is 24.5 Å². The SMILES string of the molecule is P.[Au][c]1ccncc1. The van der Waals surface area contributed by atoms with E-state index < -0.39 is 0 Å². The Kier molecular flexibility index (Phi) is 4.39. The van der Waals surface area contributed by atoms with E-state index in [-0.39, 0.29) is 9.90 Å². The van der Waals surface area contributed by atoms with E-state index in [0.29, 0.717) is 0 Å². The topological polar surface area (TPSA) is 12.9 Å². The van der Waals surface area contributed by atoms with Crippen LogP contribution in [0.2, 0.25) is 0 Å². The van der Waals surface area contributed by atoms with E-state index >= 15 is 0 Å². The number of hydrogen-bond donors (Lipinski definition) is 0. The first-order valence-corrected chi connectivity index (χ1v) is 2.99. The van der Waals surface area contributed by atoms with Crippen molar-refractivity contribution in [3.05, 3.63) is 24.5 Å². The summed E-state index contributed by atoms with van der Waals surface area (Å²) < 4.78 is 1.20. The maximum absolute atomic E-state index is 3.84. The molecule has 1 rings (SSSR count). The van der Waals surface area contributed by atoms with Gasteiger partial charge in [0, 0.05) is 0 Å². The second-order valence-electron chi connectivity index (χ2n) is 1.12. The van der Waals surface area contributed by atoms with Gasteiger partial charge in [-0.25, -0.2) is 0 Å². The van der Waals surface area contributed by atoms with Gasteiger partial charge in [-0.3, -0.25) is 0 Å². The molecule has 1 unspecified atom stereocenters. The average Bonchev–Trinajstić information content (AvgIpc) is 1.69. The zero-order chi connectivity index (χ0) is 5.11. The zero-order valence-corrected chi connectivity index (χ0v) is 7.85. The summed E-state index contributed by atoms with van der Waals surface area (Å²) in [5, 5.41) is 0. The van der Waals surface area contributed by atoms with Crippen LogP contribution in [0.3, 0.4) is 0 Å². The molecular formula is C5H7AuNP. The normalized spacial score (nSPS) is 7.75. The Hall–Kier alpha value is 0.320. The first kappa shape index (κ1) is 8.32. The molecule has 0 radical (unpaired) electrons. The second-order valence-corrected chi connectivity index (χ2v) is 2.37. The molecule has 0 saturated carbocycles. The molecule has 0 amide bonds. The molecule has 0 aliphatic rings. The zero-order valence-electron chi connectivity index (χ0n) is 4.27. The molecule has 1 atom stereocenters. The van der Waals surface area contributed by atoms with E-state index in [1.807, 2.05) is 12.1 Å². The van der Waals surface area contributed by atoms with E-state index in [2.05, 4.69) is 26.1 Å². The molecule has 0 fully saturated rings. The Bertz CT molecular complexity index is 142. The van der Waals surface area contributed by atoms with Gasteiger partial charge in [0.1, 0.15) is 0 Å². The van der Waals surface area contributed by atoms with Crippen LogP contribution in [0.4, 0.5) is 0 Å². The van der Waals surface area contributed by atoms with Crippen molar-refractivity contribution in [2.75, 3.05) is 0 Å². The molecule has 1 nitrogen and oxygen atoms in total. The quantitative estimate of drug-likeness (QED) is 0.497. The molecule has 8 heavy (non-hydrogen) atoms. The van der Waals surface area contributed by atoms with Gasteiger partial charge in [-0.2, -0.15) is 9.90 Å². The Morgan fingerprint density at radius 1 is 1.25 bits per heavy atom. The summed E-state index contributed by atoms with van der Waals surface area (Å²) >= 11 is 2.41. The summed E-state index contributed by atoms with van der Waals surface area (Å²) in [5.74, 6) is 0. The molecule has 0 aromatic carbocycles. The third kappa shape index (κ3) is 2.58. The average molecular weight is 309 g/mol. The van der Waals surface area contributed by atoms with Crippen molar-refractivity contribution in [1.29, 1.82) is 0 Å². The molecule has 0 aliphatic heterocycles. The summed E-state index contributed by atoms with van der Waals surface area (Å²) in [4.78, 5) is 3.84. The Labute approximate surface area is 64.4 Å². The molecule has 0 spiro atoms. The number of hydrogen-bond acceptors (Lipinski definition) is 1. The van der Waals surface area contributed by atoms with E-state index in [1.54, 1.807) is 12.4 Å². The molecule has 1 aromatic heterocycles. The van der Waals surface area contributed by atoms with Crippen LogP contribution in [-0.4, -0.2) is 4.98 Å². The second kappa shape index (κ2) is 4.22. The van der Waals surface area contributed by atoms with Crippen LogP contribution in [0.5, 0.6) is 0 Å². The van der Waals surface area contributed by atoms with E-state index in [0.717, 1.165) is 0 Å². The first-order chi connectivity index (χ1) is 3.39. The molecule has 1 heterocycles. The van der Waals surface area contributed by atoms with Gasteiger partial charge >= 0.3 is 54.4 Å². The molecule has 48 valence electrons. The fourth-order valence-electron chi connectivity index (χ4n) is 0.322. The molecule has 0 saturated heterocycles. The maximum atomic E-state index is 3.84. The van der Waals surface area contributed by atoms with Gasteiger partial charge in [-0.05, 0) is 0 Å². The molecule has 0 aliphatic carbocycles. The van der Waals surface area contributed by atoms with E-state index in [9.17, 15) is 0 Å². The third-order valence-corrected chi connectivity index (χ3v) is 1.34. The van der Waals surface area contributed by atoms with Gasteiger partial charge in [-0.15, -0.1) is 0 Å². The summed E-state index contributed by atoms with van der Waals surface area (Å²) in [7, 11) is 0. The summed E-state index contributed by atoms with van der Waals surface area (Å²) in [5.41, 5.74) is 0. The van der Waals surface area contributed by atoms with E-state index in [4.69, 9.17) is 0 Å². The van der Waals surface area contributed by atoms with Gasteiger partial charge in [0.2, 0.25) is 0 Å². The molecular weight excluding hydrogens is 302 g/mol. The van der Waals surface area contributed by atoms with Crippen molar-refractivity contribution >= 4 is 13.7 Å². The standard InChI is InChI=1S/C5H4N.Au.H3P/c1-2-4-6-5-3-1;;/h2-5H;;1H3. The van der Waals surface area contributed by atoms with Crippen molar-refractivity contribution < 1.29 is 21.1 Å². The van der Waals surface area contributed by atoms with Crippen molar-refractivity contribution in [1.82, 2.24) is 4.98 Å². The van der Waals surface area contributed by atoms with Crippen molar-refractivity contribution in [2.45, 2.75) is 0 Å². The number of pyridine rings is 1. The first-order valence-electron chi connectivity index (χ1n) is 1.91. The summed E-state index contributed by atoms with van der Waals surface area (Å²) in [6, 6.07) is 3.90. The van der Waals surface area contributed by atoms with Crippen LogP contribution >= 0.6 is 9.90 Å². The fraction of sp³-hybridized carbons (Fsp3) is 0. The molecule has 0 N–H and O–H groups in total. The predicted octanol–water partition coefficient (Wildman–Crippen LogP) is 0.312. The minimum absolute atomic E-state index is 0. The van der Waals surface area contributed by atoms with Gasteiger partial charge < -0.3 is 0 Å². The molecule has 1 aromatic rings. The van der Waals surface area contributed by atoms with Crippen LogP contribution in [-0.2, 0) is 21.1 Å². The van der Waals surface area contributed by atoms with Crippen LogP contribution < -0.4 is 3.78 Å².